The van der Waals surface area contributed by atoms with Crippen molar-refractivity contribution < 1.29 is 9.53 Å². The number of anilines is 1. The molecule has 164 valence electrons. The topological polar surface area (TPSA) is 57.2 Å². The van der Waals surface area contributed by atoms with E-state index in [9.17, 15) is 4.79 Å². The maximum absolute atomic E-state index is 13.0. The van der Waals surface area contributed by atoms with Gasteiger partial charge in [-0.3, -0.25) is 10.1 Å². The number of benzene rings is 3. The van der Waals surface area contributed by atoms with E-state index in [1.165, 1.54) is 5.69 Å². The van der Waals surface area contributed by atoms with Crippen LogP contribution >= 0.6 is 0 Å². The van der Waals surface area contributed by atoms with Crippen LogP contribution in [0.3, 0.4) is 0 Å². The summed E-state index contributed by atoms with van der Waals surface area (Å²) in [4.78, 5) is 22.3. The Hall–Kier alpha value is -3.80. The highest BCUT2D eigenvalue weighted by molar-refractivity contribution is 6.06. The number of piperazine rings is 1. The van der Waals surface area contributed by atoms with Crippen molar-refractivity contribution in [2.75, 3.05) is 38.2 Å². The zero-order chi connectivity index (χ0) is 22.3. The molecule has 6 heteroatoms. The van der Waals surface area contributed by atoms with E-state index < -0.39 is 0 Å². The zero-order valence-corrected chi connectivity index (χ0v) is 18.5. The van der Waals surface area contributed by atoms with Crippen LogP contribution in [0.5, 0.6) is 5.75 Å². The molecule has 0 radical (unpaired) electrons. The quantitative estimate of drug-likeness (QED) is 0.499. The Bertz CT molecular complexity index is 1070. The minimum absolute atomic E-state index is 0.190. The number of guanidine groups is 1. The number of aliphatic imine (C=N–C) groups is 1. The van der Waals surface area contributed by atoms with Crippen LogP contribution in [-0.4, -0.2) is 50.1 Å². The third-order valence-electron chi connectivity index (χ3n) is 5.51. The second kappa shape index (κ2) is 10.0. The van der Waals surface area contributed by atoms with Gasteiger partial charge in [-0.1, -0.05) is 30.3 Å². The van der Waals surface area contributed by atoms with Crippen molar-refractivity contribution in [2.24, 2.45) is 4.99 Å². The molecule has 1 N–H and O–H groups in total. The largest absolute Gasteiger partial charge is 0.497 e. The third-order valence-corrected chi connectivity index (χ3v) is 5.51. The number of hydrogen-bond acceptors (Lipinski definition) is 4. The van der Waals surface area contributed by atoms with Crippen molar-refractivity contribution in [2.45, 2.75) is 6.92 Å². The Morgan fingerprint density at radius 3 is 2.28 bits per heavy atom. The third kappa shape index (κ3) is 5.27. The normalized spacial score (nSPS) is 14.2. The fourth-order valence-electron chi connectivity index (χ4n) is 3.73. The van der Waals surface area contributed by atoms with Gasteiger partial charge in [-0.25, -0.2) is 4.99 Å². The van der Waals surface area contributed by atoms with Gasteiger partial charge in [-0.05, 0) is 61.0 Å². The van der Waals surface area contributed by atoms with E-state index in [0.29, 0.717) is 17.3 Å². The van der Waals surface area contributed by atoms with Crippen molar-refractivity contribution >= 4 is 23.2 Å². The van der Waals surface area contributed by atoms with E-state index in [2.05, 4.69) is 39.4 Å². The van der Waals surface area contributed by atoms with Crippen LogP contribution in [-0.2, 0) is 0 Å². The van der Waals surface area contributed by atoms with Crippen molar-refractivity contribution in [3.63, 3.8) is 0 Å². The van der Waals surface area contributed by atoms with Gasteiger partial charge in [0, 0.05) is 37.4 Å². The summed E-state index contributed by atoms with van der Waals surface area (Å²) in [5.74, 6) is 1.10. The van der Waals surface area contributed by atoms with Gasteiger partial charge in [0.25, 0.3) is 5.91 Å². The SMILES string of the molecule is COc1ccc(C(=O)NC(=Nc2cccc(C)c2)N2CCN(c3ccccc3)CC2)cc1. The number of rotatable bonds is 4. The van der Waals surface area contributed by atoms with Gasteiger partial charge < -0.3 is 14.5 Å². The molecule has 6 nitrogen and oxygen atoms in total. The van der Waals surface area contributed by atoms with E-state index >= 15 is 0 Å². The van der Waals surface area contributed by atoms with Gasteiger partial charge in [-0.2, -0.15) is 0 Å². The first-order valence-electron chi connectivity index (χ1n) is 10.8. The first-order valence-corrected chi connectivity index (χ1v) is 10.8. The summed E-state index contributed by atoms with van der Waals surface area (Å²) in [6.45, 7) is 5.28. The van der Waals surface area contributed by atoms with E-state index in [4.69, 9.17) is 9.73 Å². The molecular formula is C26H28N4O2. The molecular weight excluding hydrogens is 400 g/mol. The molecule has 1 fully saturated rings. The fourth-order valence-corrected chi connectivity index (χ4v) is 3.73. The summed E-state index contributed by atoms with van der Waals surface area (Å²) in [5, 5.41) is 3.04. The summed E-state index contributed by atoms with van der Waals surface area (Å²) < 4.78 is 5.19. The summed E-state index contributed by atoms with van der Waals surface area (Å²) in [6, 6.07) is 25.5. The maximum Gasteiger partial charge on any atom is 0.257 e. The highest BCUT2D eigenvalue weighted by Crippen LogP contribution is 2.18. The molecule has 1 heterocycles. The fraction of sp³-hybridized carbons (Fsp3) is 0.231. The van der Waals surface area contributed by atoms with Gasteiger partial charge >= 0.3 is 0 Å². The van der Waals surface area contributed by atoms with E-state index in [0.717, 1.165) is 37.4 Å². The molecule has 1 aliphatic heterocycles. The summed E-state index contributed by atoms with van der Waals surface area (Å²) in [5.41, 5.74) is 3.72. The lowest BCUT2D eigenvalue weighted by Gasteiger charge is -2.37. The number of nitrogens with one attached hydrogen (secondary N) is 1. The van der Waals surface area contributed by atoms with Gasteiger partial charge in [0.15, 0.2) is 0 Å². The minimum atomic E-state index is -0.190. The van der Waals surface area contributed by atoms with E-state index in [1.807, 2.05) is 37.3 Å². The second-order valence-electron chi connectivity index (χ2n) is 7.77. The number of aryl methyl sites for hydroxylation is 1. The highest BCUT2D eigenvalue weighted by Gasteiger charge is 2.22. The van der Waals surface area contributed by atoms with Gasteiger partial charge in [0.05, 0.1) is 12.8 Å². The van der Waals surface area contributed by atoms with Crippen LogP contribution in [0.2, 0.25) is 0 Å². The summed E-state index contributed by atoms with van der Waals surface area (Å²) in [6.07, 6.45) is 0. The predicted molar refractivity (Wildman–Crippen MR) is 129 cm³/mol. The molecule has 3 aromatic rings. The van der Waals surface area contributed by atoms with Crippen LogP contribution in [0.1, 0.15) is 15.9 Å². The summed E-state index contributed by atoms with van der Waals surface area (Å²) >= 11 is 0. The Labute approximate surface area is 189 Å². The van der Waals surface area contributed by atoms with Crippen molar-refractivity contribution in [3.05, 3.63) is 90.0 Å². The molecule has 0 atom stereocenters. The van der Waals surface area contributed by atoms with E-state index in [1.54, 1.807) is 31.4 Å². The molecule has 4 rings (SSSR count). The monoisotopic (exact) mass is 428 g/mol. The van der Waals surface area contributed by atoms with Crippen LogP contribution in [0.15, 0.2) is 83.9 Å². The molecule has 1 saturated heterocycles. The van der Waals surface area contributed by atoms with Gasteiger partial charge in [-0.15, -0.1) is 0 Å². The molecule has 0 aliphatic carbocycles. The predicted octanol–water partition coefficient (Wildman–Crippen LogP) is 4.24. The standard InChI is InChI=1S/C26H28N4O2/c1-20-7-6-8-22(19-20)27-26(28-25(31)21-11-13-24(32-2)14-12-21)30-17-15-29(16-18-30)23-9-4-3-5-10-23/h3-14,19H,15-18H2,1-2H3,(H,27,28,31). The van der Waals surface area contributed by atoms with Crippen LogP contribution < -0.4 is 15.0 Å². The average molecular weight is 429 g/mol. The molecule has 0 bridgehead atoms. The first kappa shape index (κ1) is 21.4. The lowest BCUT2D eigenvalue weighted by molar-refractivity contribution is 0.0971. The smallest absolute Gasteiger partial charge is 0.257 e. The van der Waals surface area contributed by atoms with Crippen molar-refractivity contribution in [1.82, 2.24) is 10.2 Å². The number of carbonyl (C=O) groups excluding carboxylic acids is 1. The molecule has 0 spiro atoms. The Morgan fingerprint density at radius 1 is 0.906 bits per heavy atom. The van der Waals surface area contributed by atoms with Crippen LogP contribution in [0.4, 0.5) is 11.4 Å². The number of carbonyl (C=O) groups is 1. The number of para-hydroxylation sites is 1. The Balaban J connectivity index is 1.53. The molecule has 0 unspecified atom stereocenters. The number of methoxy groups -OCH3 is 1. The first-order chi connectivity index (χ1) is 15.6. The van der Waals surface area contributed by atoms with Crippen molar-refractivity contribution in [3.8, 4) is 5.75 Å². The zero-order valence-electron chi connectivity index (χ0n) is 18.5. The van der Waals surface area contributed by atoms with Gasteiger partial charge in [0.1, 0.15) is 5.75 Å². The lowest BCUT2D eigenvalue weighted by atomic mass is 10.2. The average Bonchev–Trinajstić information content (AvgIpc) is 2.84. The van der Waals surface area contributed by atoms with Crippen LogP contribution in [0.25, 0.3) is 0 Å². The Kier molecular flexibility index (Phi) is 6.70. The number of ether oxygens (including phenoxy) is 1. The Morgan fingerprint density at radius 2 is 1.62 bits per heavy atom. The maximum atomic E-state index is 13.0. The second-order valence-corrected chi connectivity index (χ2v) is 7.77. The molecule has 1 aliphatic rings. The van der Waals surface area contributed by atoms with Gasteiger partial charge in [0.2, 0.25) is 5.96 Å². The minimum Gasteiger partial charge on any atom is -0.497 e. The van der Waals surface area contributed by atoms with Crippen molar-refractivity contribution in [1.29, 1.82) is 0 Å². The summed E-state index contributed by atoms with van der Waals surface area (Å²) in [7, 11) is 1.61. The van der Waals surface area contributed by atoms with Crippen LogP contribution in [0, 0.1) is 6.92 Å². The highest BCUT2D eigenvalue weighted by atomic mass is 16.5. The molecule has 0 aromatic heterocycles. The van der Waals surface area contributed by atoms with E-state index in [-0.39, 0.29) is 5.91 Å². The lowest BCUT2D eigenvalue weighted by Crippen LogP contribution is -2.53. The number of amides is 1. The number of hydrogen-bond donors (Lipinski definition) is 1. The molecule has 1 amide bonds. The molecule has 32 heavy (non-hydrogen) atoms. The molecule has 0 saturated carbocycles. The molecule has 3 aromatic carbocycles. The number of nitrogens with zero attached hydrogens (tertiary/aromatic N) is 3.